The van der Waals surface area contributed by atoms with E-state index in [0.717, 1.165) is 29.7 Å². The zero-order chi connectivity index (χ0) is 20.5. The molecule has 2 aliphatic rings. The highest BCUT2D eigenvalue weighted by Gasteiger charge is 2.43. The van der Waals surface area contributed by atoms with E-state index >= 15 is 0 Å². The number of aliphatic imine (C=N–C) groups is 1. The highest BCUT2D eigenvalue weighted by atomic mass is 35.5. The molecule has 1 aromatic carbocycles. The highest BCUT2D eigenvalue weighted by Crippen LogP contribution is 2.45. The van der Waals surface area contributed by atoms with E-state index < -0.39 is 11.8 Å². The predicted molar refractivity (Wildman–Crippen MR) is 114 cm³/mol. The zero-order valence-electron chi connectivity index (χ0n) is 16.4. The number of benzene rings is 1. The summed E-state index contributed by atoms with van der Waals surface area (Å²) in [6.07, 6.45) is 3.66. The number of halogens is 1. The monoisotopic (exact) mass is 407 g/mol. The average molecular weight is 408 g/mol. The Bertz CT molecular complexity index is 1060. The molecule has 148 valence electrons. The predicted octanol–water partition coefficient (Wildman–Crippen LogP) is 4.86. The van der Waals surface area contributed by atoms with Crippen LogP contribution < -0.4 is 5.32 Å². The number of pyridine rings is 1. The van der Waals surface area contributed by atoms with Gasteiger partial charge in [0.25, 0.3) is 0 Å². The minimum atomic E-state index is -0.627. The van der Waals surface area contributed by atoms with Gasteiger partial charge in [0.1, 0.15) is 5.82 Å². The fourth-order valence-corrected chi connectivity index (χ4v) is 4.47. The highest BCUT2D eigenvalue weighted by molar-refractivity contribution is 6.31. The molecule has 2 aromatic rings. The van der Waals surface area contributed by atoms with E-state index in [-0.39, 0.29) is 11.7 Å². The molecular weight excluding hydrogens is 386 g/mol. The van der Waals surface area contributed by atoms with Gasteiger partial charge >= 0.3 is 0 Å². The third-order valence-electron chi connectivity index (χ3n) is 5.52. The number of amides is 1. The molecule has 1 aliphatic heterocycles. The molecule has 0 bridgehead atoms. The average Bonchev–Trinajstić information content (AvgIpc) is 2.67. The Balaban J connectivity index is 1.80. The summed E-state index contributed by atoms with van der Waals surface area (Å²) in [5.41, 5.74) is 3.89. The summed E-state index contributed by atoms with van der Waals surface area (Å²) in [5, 5.41) is 3.45. The number of carbonyl (C=O) groups excluding carboxylic acids is 2. The number of carbonyl (C=O) groups is 2. The van der Waals surface area contributed by atoms with Gasteiger partial charge in [-0.25, -0.2) is 4.98 Å². The second-order valence-corrected chi connectivity index (χ2v) is 7.98. The fraction of sp³-hybridized carbons (Fsp3) is 0.304. The van der Waals surface area contributed by atoms with E-state index in [2.05, 4.69) is 15.3 Å². The minimum absolute atomic E-state index is 0.0545. The molecule has 2 atom stereocenters. The lowest BCUT2D eigenvalue weighted by Crippen LogP contribution is -2.39. The first-order valence-corrected chi connectivity index (χ1v) is 10.1. The Labute approximate surface area is 174 Å². The molecule has 1 aliphatic carbocycles. The van der Waals surface area contributed by atoms with Crippen molar-refractivity contribution in [1.82, 2.24) is 4.98 Å². The van der Waals surface area contributed by atoms with Crippen molar-refractivity contribution in [3.8, 4) is 0 Å². The van der Waals surface area contributed by atoms with Crippen LogP contribution in [0.15, 0.2) is 58.9 Å². The third kappa shape index (κ3) is 3.75. The summed E-state index contributed by atoms with van der Waals surface area (Å²) in [7, 11) is 0. The summed E-state index contributed by atoms with van der Waals surface area (Å²) < 4.78 is 0. The van der Waals surface area contributed by atoms with Crippen molar-refractivity contribution in [2.24, 2.45) is 10.9 Å². The van der Waals surface area contributed by atoms with E-state index in [1.807, 2.05) is 44.2 Å². The van der Waals surface area contributed by atoms with Crippen LogP contribution in [0.4, 0.5) is 5.82 Å². The van der Waals surface area contributed by atoms with E-state index in [1.165, 1.54) is 0 Å². The number of rotatable bonds is 3. The molecule has 5 nitrogen and oxygen atoms in total. The number of aryl methyl sites for hydroxylation is 1. The van der Waals surface area contributed by atoms with Crippen LogP contribution in [0.2, 0.25) is 5.02 Å². The number of hydrogen-bond donors (Lipinski definition) is 1. The standard InChI is InChI=1S/C23H22ClN3O2/c1-13-10-11-25-19(12-13)27-23(29)20-14(2)26-17-8-5-9-18(28)22(17)21(20)15-6-3-4-7-16(15)24/h3-4,6-7,10-12,20-21H,5,8-9H2,1-2H3,(H,25,27,29)/t20?,21-/m1/s1. The number of Topliss-reactive ketones (excluding diaryl/α,β-unsaturated/α-hetero) is 1. The molecule has 1 aromatic heterocycles. The van der Waals surface area contributed by atoms with Gasteiger partial charge in [-0.05, 0) is 56.0 Å². The van der Waals surface area contributed by atoms with Gasteiger partial charge in [0, 0.05) is 40.5 Å². The minimum Gasteiger partial charge on any atom is -0.310 e. The van der Waals surface area contributed by atoms with Crippen molar-refractivity contribution < 1.29 is 9.59 Å². The van der Waals surface area contributed by atoms with Crippen molar-refractivity contribution in [3.63, 3.8) is 0 Å². The quantitative estimate of drug-likeness (QED) is 0.789. The molecule has 1 amide bonds. The van der Waals surface area contributed by atoms with Crippen LogP contribution in [0.3, 0.4) is 0 Å². The molecule has 0 spiro atoms. The zero-order valence-corrected chi connectivity index (χ0v) is 17.2. The van der Waals surface area contributed by atoms with Gasteiger partial charge in [-0.15, -0.1) is 0 Å². The van der Waals surface area contributed by atoms with Gasteiger partial charge in [-0.2, -0.15) is 0 Å². The van der Waals surface area contributed by atoms with E-state index in [0.29, 0.717) is 28.5 Å². The molecule has 0 saturated carbocycles. The van der Waals surface area contributed by atoms with Crippen LogP contribution in [-0.4, -0.2) is 22.4 Å². The van der Waals surface area contributed by atoms with Crippen LogP contribution in [0, 0.1) is 12.8 Å². The smallest absolute Gasteiger partial charge is 0.235 e. The lowest BCUT2D eigenvalue weighted by atomic mass is 9.71. The third-order valence-corrected chi connectivity index (χ3v) is 5.87. The summed E-state index contributed by atoms with van der Waals surface area (Å²) in [5.74, 6) is -0.777. The van der Waals surface area contributed by atoms with Crippen molar-refractivity contribution >= 4 is 34.8 Å². The van der Waals surface area contributed by atoms with E-state index in [4.69, 9.17) is 11.6 Å². The van der Waals surface area contributed by atoms with Gasteiger partial charge in [0.05, 0.1) is 5.92 Å². The number of nitrogens with zero attached hydrogens (tertiary/aromatic N) is 2. The number of anilines is 1. The van der Waals surface area contributed by atoms with Crippen molar-refractivity contribution in [2.45, 2.75) is 39.0 Å². The number of ketones is 1. The maximum atomic E-state index is 13.4. The lowest BCUT2D eigenvalue weighted by molar-refractivity contribution is -0.119. The molecule has 0 saturated heterocycles. The summed E-state index contributed by atoms with van der Waals surface area (Å²) >= 11 is 6.52. The van der Waals surface area contributed by atoms with Crippen molar-refractivity contribution in [3.05, 3.63) is 70.0 Å². The van der Waals surface area contributed by atoms with Crippen LogP contribution in [0.1, 0.15) is 43.2 Å². The van der Waals surface area contributed by atoms with E-state index in [1.54, 1.807) is 12.3 Å². The molecule has 2 heterocycles. The fourth-order valence-electron chi connectivity index (χ4n) is 4.22. The van der Waals surface area contributed by atoms with Gasteiger partial charge in [-0.1, -0.05) is 29.8 Å². The van der Waals surface area contributed by atoms with Crippen LogP contribution in [0.5, 0.6) is 0 Å². The van der Waals surface area contributed by atoms with Gasteiger partial charge in [-0.3, -0.25) is 14.6 Å². The molecule has 6 heteroatoms. The van der Waals surface area contributed by atoms with Gasteiger partial charge in [0.15, 0.2) is 5.78 Å². The Morgan fingerprint density at radius 2 is 1.97 bits per heavy atom. The topological polar surface area (TPSA) is 71.4 Å². The second kappa shape index (κ2) is 7.91. The SMILES string of the molecule is CC1=NC2=C(C(=O)CCC2)[C@H](c2ccccc2Cl)C1C(=O)Nc1cc(C)ccn1. The van der Waals surface area contributed by atoms with Crippen molar-refractivity contribution in [2.75, 3.05) is 5.32 Å². The lowest BCUT2D eigenvalue weighted by Gasteiger charge is -2.35. The Morgan fingerprint density at radius 3 is 2.72 bits per heavy atom. The first-order chi connectivity index (χ1) is 14.0. The summed E-state index contributed by atoms with van der Waals surface area (Å²) in [6, 6.07) is 11.1. The Hall–Kier alpha value is -2.79. The maximum Gasteiger partial charge on any atom is 0.235 e. The van der Waals surface area contributed by atoms with E-state index in [9.17, 15) is 9.59 Å². The first kappa shape index (κ1) is 19.5. The van der Waals surface area contributed by atoms with Crippen molar-refractivity contribution in [1.29, 1.82) is 0 Å². The first-order valence-electron chi connectivity index (χ1n) is 9.75. The normalized spacial score (nSPS) is 21.5. The van der Waals surface area contributed by atoms with Gasteiger partial charge in [0.2, 0.25) is 5.91 Å². The van der Waals surface area contributed by atoms with Crippen LogP contribution >= 0.6 is 11.6 Å². The van der Waals surface area contributed by atoms with Crippen LogP contribution in [-0.2, 0) is 9.59 Å². The number of allylic oxidation sites excluding steroid dienone is 2. The van der Waals surface area contributed by atoms with Crippen LogP contribution in [0.25, 0.3) is 0 Å². The molecular formula is C23H22ClN3O2. The second-order valence-electron chi connectivity index (χ2n) is 7.57. The largest absolute Gasteiger partial charge is 0.310 e. The maximum absolute atomic E-state index is 13.4. The molecule has 0 fully saturated rings. The number of aromatic nitrogens is 1. The molecule has 29 heavy (non-hydrogen) atoms. The number of hydrogen-bond acceptors (Lipinski definition) is 4. The molecule has 0 radical (unpaired) electrons. The molecule has 1 unspecified atom stereocenters. The molecule has 4 rings (SSSR count). The summed E-state index contributed by atoms with van der Waals surface area (Å²) in [4.78, 5) is 35.2. The number of nitrogens with one attached hydrogen (secondary N) is 1. The molecule has 1 N–H and O–H groups in total. The Morgan fingerprint density at radius 1 is 1.17 bits per heavy atom. The Kier molecular flexibility index (Phi) is 5.33. The van der Waals surface area contributed by atoms with Gasteiger partial charge < -0.3 is 5.32 Å². The summed E-state index contributed by atoms with van der Waals surface area (Å²) in [6.45, 7) is 3.79.